The Bertz CT molecular complexity index is 850. The van der Waals surface area contributed by atoms with Crippen molar-refractivity contribution in [2.45, 2.75) is 45.7 Å². The molecule has 1 amide bonds. The number of guanidine groups is 1. The lowest BCUT2D eigenvalue weighted by molar-refractivity contribution is -0.119. The van der Waals surface area contributed by atoms with Crippen LogP contribution in [0.1, 0.15) is 50.5 Å². The molecular weight excluding hydrogens is 517 g/mol. The van der Waals surface area contributed by atoms with Crippen LogP contribution in [0.15, 0.2) is 52.1 Å². The number of likely N-dealkylation sites (tertiary alicyclic amines) is 1. The van der Waals surface area contributed by atoms with E-state index in [1.54, 1.807) is 13.3 Å². The van der Waals surface area contributed by atoms with Crippen molar-refractivity contribution in [3.63, 3.8) is 0 Å². The number of nitrogens with zero attached hydrogens (tertiary/aromatic N) is 2. The predicted octanol–water partition coefficient (Wildman–Crippen LogP) is 4.38. The minimum atomic E-state index is 0. The minimum absolute atomic E-state index is 0. The van der Waals surface area contributed by atoms with Gasteiger partial charge in [0.25, 0.3) is 0 Å². The standard InChI is InChI=1S/C24H35N5O2.HI/c1-4-18(2)23(30)28-20-10-7-9-19(15-20)16-26-24(25-3)27-17-21(22-11-8-14-31-22)29-12-5-6-13-29;/h7-11,14-15,18,21H,4-6,12-13,16-17H2,1-3H3,(H,28,30)(H2,25,26,27);1H. The Morgan fingerprint density at radius 3 is 2.62 bits per heavy atom. The first kappa shape index (κ1) is 26.2. The van der Waals surface area contributed by atoms with Crippen LogP contribution in [0, 0.1) is 5.92 Å². The maximum absolute atomic E-state index is 12.2. The van der Waals surface area contributed by atoms with E-state index in [0.717, 1.165) is 49.0 Å². The third-order valence-corrected chi connectivity index (χ3v) is 5.85. The molecule has 2 aromatic rings. The van der Waals surface area contributed by atoms with E-state index < -0.39 is 0 Å². The highest BCUT2D eigenvalue weighted by molar-refractivity contribution is 14.0. The van der Waals surface area contributed by atoms with E-state index in [-0.39, 0.29) is 41.8 Å². The average molecular weight is 553 g/mol. The number of hydrogen-bond acceptors (Lipinski definition) is 4. The summed E-state index contributed by atoms with van der Waals surface area (Å²) in [7, 11) is 1.77. The zero-order valence-corrected chi connectivity index (χ0v) is 21.6. The van der Waals surface area contributed by atoms with Crippen molar-refractivity contribution in [3.05, 3.63) is 54.0 Å². The lowest BCUT2D eigenvalue weighted by atomic mass is 10.1. The smallest absolute Gasteiger partial charge is 0.227 e. The van der Waals surface area contributed by atoms with Crippen LogP contribution in [-0.4, -0.2) is 43.4 Å². The van der Waals surface area contributed by atoms with Gasteiger partial charge in [-0.15, -0.1) is 24.0 Å². The summed E-state index contributed by atoms with van der Waals surface area (Å²) in [6.07, 6.45) is 5.02. The first-order chi connectivity index (χ1) is 15.1. The van der Waals surface area contributed by atoms with E-state index in [4.69, 9.17) is 4.42 Å². The Labute approximate surface area is 208 Å². The molecule has 1 aromatic heterocycles. The number of carbonyl (C=O) groups excluding carboxylic acids is 1. The van der Waals surface area contributed by atoms with Crippen molar-refractivity contribution < 1.29 is 9.21 Å². The summed E-state index contributed by atoms with van der Waals surface area (Å²) in [6, 6.07) is 12.1. The third kappa shape index (κ3) is 7.51. The number of amides is 1. The van der Waals surface area contributed by atoms with Gasteiger partial charge in [0.1, 0.15) is 5.76 Å². The average Bonchev–Trinajstić information content (AvgIpc) is 3.50. The topological polar surface area (TPSA) is 81.9 Å². The van der Waals surface area contributed by atoms with Gasteiger partial charge in [0, 0.05) is 31.7 Å². The molecule has 1 fully saturated rings. The summed E-state index contributed by atoms with van der Waals surface area (Å²) < 4.78 is 5.70. The van der Waals surface area contributed by atoms with Crippen LogP contribution in [0.5, 0.6) is 0 Å². The summed E-state index contributed by atoms with van der Waals surface area (Å²) in [5.41, 5.74) is 1.89. The molecule has 2 atom stereocenters. The highest BCUT2D eigenvalue weighted by Crippen LogP contribution is 2.24. The van der Waals surface area contributed by atoms with Crippen molar-refractivity contribution in [1.29, 1.82) is 0 Å². The SMILES string of the molecule is CCC(C)C(=O)Nc1cccc(CNC(=NC)NCC(c2ccco2)N2CCCC2)c1.I. The van der Waals surface area contributed by atoms with Gasteiger partial charge in [0.15, 0.2) is 5.96 Å². The predicted molar refractivity (Wildman–Crippen MR) is 140 cm³/mol. The molecule has 0 aliphatic carbocycles. The van der Waals surface area contributed by atoms with E-state index in [2.05, 4.69) is 25.8 Å². The zero-order valence-electron chi connectivity index (χ0n) is 19.3. The van der Waals surface area contributed by atoms with Gasteiger partial charge in [-0.05, 0) is 62.2 Å². The Morgan fingerprint density at radius 2 is 1.97 bits per heavy atom. The Kier molecular flexibility index (Phi) is 11.0. The van der Waals surface area contributed by atoms with E-state index in [1.807, 2.05) is 50.2 Å². The maximum Gasteiger partial charge on any atom is 0.227 e. The molecule has 0 spiro atoms. The molecule has 3 N–H and O–H groups in total. The van der Waals surface area contributed by atoms with E-state index in [9.17, 15) is 4.79 Å². The molecule has 1 aromatic carbocycles. The monoisotopic (exact) mass is 553 g/mol. The van der Waals surface area contributed by atoms with Gasteiger partial charge in [-0.25, -0.2) is 0 Å². The van der Waals surface area contributed by atoms with Gasteiger partial charge < -0.3 is 20.4 Å². The number of aliphatic imine (C=N–C) groups is 1. The van der Waals surface area contributed by atoms with E-state index in [1.165, 1.54) is 12.8 Å². The maximum atomic E-state index is 12.2. The number of anilines is 1. The third-order valence-electron chi connectivity index (χ3n) is 5.85. The zero-order chi connectivity index (χ0) is 22.1. The highest BCUT2D eigenvalue weighted by Gasteiger charge is 2.25. The molecule has 0 bridgehead atoms. The number of nitrogens with one attached hydrogen (secondary N) is 3. The van der Waals surface area contributed by atoms with Gasteiger partial charge in [-0.3, -0.25) is 14.7 Å². The highest BCUT2D eigenvalue weighted by atomic mass is 127. The van der Waals surface area contributed by atoms with Gasteiger partial charge in [-0.2, -0.15) is 0 Å². The summed E-state index contributed by atoms with van der Waals surface area (Å²) in [6.45, 7) is 7.47. The largest absolute Gasteiger partial charge is 0.468 e. The molecule has 176 valence electrons. The normalized spacial score (nSPS) is 16.2. The van der Waals surface area contributed by atoms with Crippen molar-refractivity contribution in [1.82, 2.24) is 15.5 Å². The Hall–Kier alpha value is -2.07. The number of benzene rings is 1. The number of furan rings is 1. The molecule has 1 saturated heterocycles. The van der Waals surface area contributed by atoms with E-state index in [0.29, 0.717) is 6.54 Å². The molecule has 3 rings (SSSR count). The number of hydrogen-bond donors (Lipinski definition) is 3. The molecule has 7 nitrogen and oxygen atoms in total. The second-order valence-electron chi connectivity index (χ2n) is 8.08. The summed E-state index contributed by atoms with van der Waals surface area (Å²) >= 11 is 0. The van der Waals surface area contributed by atoms with Crippen LogP contribution in [-0.2, 0) is 11.3 Å². The molecule has 0 radical (unpaired) electrons. The fourth-order valence-corrected chi connectivity index (χ4v) is 3.75. The fourth-order valence-electron chi connectivity index (χ4n) is 3.75. The molecule has 2 heterocycles. The van der Waals surface area contributed by atoms with Crippen LogP contribution in [0.4, 0.5) is 5.69 Å². The van der Waals surface area contributed by atoms with Crippen molar-refractivity contribution in [2.24, 2.45) is 10.9 Å². The Morgan fingerprint density at radius 1 is 1.19 bits per heavy atom. The van der Waals surface area contributed by atoms with Gasteiger partial charge in [0.2, 0.25) is 5.91 Å². The molecular formula is C24H36IN5O2. The number of rotatable bonds is 9. The van der Waals surface area contributed by atoms with Crippen LogP contribution >= 0.6 is 24.0 Å². The number of carbonyl (C=O) groups is 1. The van der Waals surface area contributed by atoms with E-state index >= 15 is 0 Å². The van der Waals surface area contributed by atoms with Crippen LogP contribution < -0.4 is 16.0 Å². The van der Waals surface area contributed by atoms with Crippen LogP contribution in [0.2, 0.25) is 0 Å². The van der Waals surface area contributed by atoms with Crippen LogP contribution in [0.25, 0.3) is 0 Å². The first-order valence-electron chi connectivity index (χ1n) is 11.2. The minimum Gasteiger partial charge on any atom is -0.468 e. The molecule has 8 heteroatoms. The molecule has 1 aliphatic heterocycles. The van der Waals surface area contributed by atoms with Gasteiger partial charge in [-0.1, -0.05) is 26.0 Å². The summed E-state index contributed by atoms with van der Waals surface area (Å²) in [5.74, 6) is 1.78. The van der Waals surface area contributed by atoms with Gasteiger partial charge >= 0.3 is 0 Å². The van der Waals surface area contributed by atoms with Crippen molar-refractivity contribution >= 4 is 41.5 Å². The lowest BCUT2D eigenvalue weighted by Crippen LogP contribution is -2.42. The quantitative estimate of drug-likeness (QED) is 0.244. The molecule has 1 aliphatic rings. The first-order valence-corrected chi connectivity index (χ1v) is 11.2. The summed E-state index contributed by atoms with van der Waals surface area (Å²) in [4.78, 5) is 19.0. The van der Waals surface area contributed by atoms with Crippen molar-refractivity contribution in [3.8, 4) is 0 Å². The molecule has 2 unspecified atom stereocenters. The van der Waals surface area contributed by atoms with Crippen LogP contribution in [0.3, 0.4) is 0 Å². The second kappa shape index (κ2) is 13.5. The fraction of sp³-hybridized carbons (Fsp3) is 0.500. The summed E-state index contributed by atoms with van der Waals surface area (Å²) in [5, 5.41) is 9.80. The van der Waals surface area contributed by atoms with Crippen molar-refractivity contribution in [2.75, 3.05) is 32.0 Å². The molecule has 32 heavy (non-hydrogen) atoms. The number of halogens is 1. The molecule has 0 saturated carbocycles. The lowest BCUT2D eigenvalue weighted by Gasteiger charge is -2.26. The Balaban J connectivity index is 0.00000363. The van der Waals surface area contributed by atoms with Gasteiger partial charge in [0.05, 0.1) is 12.3 Å². The second-order valence-corrected chi connectivity index (χ2v) is 8.08.